The van der Waals surface area contributed by atoms with Crippen LogP contribution in [-0.4, -0.2) is 69.6 Å². The zero-order valence-electron chi connectivity index (χ0n) is 27.2. The molecule has 7 rings (SSSR count). The van der Waals surface area contributed by atoms with Crippen molar-refractivity contribution in [2.24, 2.45) is 0 Å². The monoisotopic (exact) mass is 669 g/mol. The van der Waals surface area contributed by atoms with Crippen molar-refractivity contribution in [1.82, 2.24) is 24.1 Å². The maximum absolute atomic E-state index is 12.8. The van der Waals surface area contributed by atoms with Crippen molar-refractivity contribution < 1.29 is 14.2 Å². The Kier molecular flexibility index (Phi) is 9.25. The molecule has 2 aliphatic rings. The lowest BCUT2D eigenvalue weighted by atomic mass is 10.1. The van der Waals surface area contributed by atoms with E-state index in [4.69, 9.17) is 25.8 Å². The molecule has 12 heteroatoms. The molecule has 48 heavy (non-hydrogen) atoms. The van der Waals surface area contributed by atoms with Gasteiger partial charge in [0.1, 0.15) is 24.8 Å². The molecule has 2 saturated heterocycles. The van der Waals surface area contributed by atoms with Gasteiger partial charge in [-0.3, -0.25) is 4.68 Å². The minimum atomic E-state index is -0.977. The Balaban J connectivity index is 0.916. The summed E-state index contributed by atoms with van der Waals surface area (Å²) in [6.45, 7) is 8.83. The van der Waals surface area contributed by atoms with Gasteiger partial charge in [0.2, 0.25) is 5.79 Å². The van der Waals surface area contributed by atoms with Gasteiger partial charge in [0.15, 0.2) is 0 Å². The van der Waals surface area contributed by atoms with Crippen LogP contribution >= 0.6 is 11.6 Å². The van der Waals surface area contributed by atoms with Gasteiger partial charge in [0, 0.05) is 60.5 Å². The predicted molar refractivity (Wildman–Crippen MR) is 185 cm³/mol. The molecule has 0 spiro atoms. The van der Waals surface area contributed by atoms with Gasteiger partial charge in [-0.15, -0.1) is 0 Å². The largest absolute Gasteiger partial charge is 0.491 e. The molecule has 3 atom stereocenters. The van der Waals surface area contributed by atoms with Crippen LogP contribution in [0.2, 0.25) is 5.02 Å². The number of halogens is 1. The van der Waals surface area contributed by atoms with Crippen molar-refractivity contribution in [2.75, 3.05) is 49.2 Å². The molecule has 250 valence electrons. The van der Waals surface area contributed by atoms with E-state index in [-0.39, 0.29) is 17.8 Å². The molecular weight excluding hydrogens is 630 g/mol. The van der Waals surface area contributed by atoms with E-state index in [9.17, 15) is 4.79 Å². The van der Waals surface area contributed by atoms with Crippen molar-refractivity contribution in [3.63, 3.8) is 0 Å². The fourth-order valence-electron chi connectivity index (χ4n) is 6.24. The summed E-state index contributed by atoms with van der Waals surface area (Å²) in [5.74, 6) is -0.193. The Labute approximate surface area is 284 Å². The zero-order chi connectivity index (χ0) is 33.1. The third-order valence-electron chi connectivity index (χ3n) is 9.19. The van der Waals surface area contributed by atoms with Crippen molar-refractivity contribution in [2.45, 2.75) is 44.7 Å². The molecular formula is C36H40ClN7O4. The van der Waals surface area contributed by atoms with Crippen LogP contribution in [0.25, 0.3) is 5.69 Å². The number of aromatic nitrogens is 5. The van der Waals surface area contributed by atoms with E-state index in [0.29, 0.717) is 24.8 Å². The molecule has 11 nitrogen and oxygen atoms in total. The van der Waals surface area contributed by atoms with E-state index in [1.54, 1.807) is 21.8 Å². The smallest absolute Gasteiger partial charge is 0.350 e. The van der Waals surface area contributed by atoms with E-state index in [0.717, 1.165) is 61.0 Å². The number of anilines is 2. The SMILES string of the molecule is CCC(C)n1ncn(-c2ccc(N3CCN(c4ccc(OC[C@@H]5CO[C@@](Cn6cccn6)(c6ccc(Cl)cc6)O5)cc4)CC3)cc2)c1=O. The van der Waals surface area contributed by atoms with Crippen LogP contribution in [-0.2, 0) is 21.8 Å². The lowest BCUT2D eigenvalue weighted by molar-refractivity contribution is -0.190. The fourth-order valence-corrected chi connectivity index (χ4v) is 6.37. The molecule has 3 aromatic carbocycles. The summed E-state index contributed by atoms with van der Waals surface area (Å²) in [7, 11) is 0. The second-order valence-corrected chi connectivity index (χ2v) is 12.7. The first-order valence-electron chi connectivity index (χ1n) is 16.5. The predicted octanol–water partition coefficient (Wildman–Crippen LogP) is 5.53. The molecule has 0 bridgehead atoms. The highest BCUT2D eigenvalue weighted by atomic mass is 35.5. The Morgan fingerprint density at radius 1 is 0.917 bits per heavy atom. The van der Waals surface area contributed by atoms with E-state index in [1.165, 1.54) is 0 Å². The van der Waals surface area contributed by atoms with Crippen LogP contribution < -0.4 is 20.2 Å². The molecule has 5 aromatic rings. The van der Waals surface area contributed by atoms with Gasteiger partial charge in [-0.05, 0) is 80.1 Å². The van der Waals surface area contributed by atoms with Gasteiger partial charge in [-0.1, -0.05) is 30.7 Å². The van der Waals surface area contributed by atoms with Crippen molar-refractivity contribution in [3.05, 3.63) is 119 Å². The number of ether oxygens (including phenoxy) is 3. The van der Waals surface area contributed by atoms with E-state index in [1.807, 2.05) is 72.4 Å². The maximum atomic E-state index is 12.8. The summed E-state index contributed by atoms with van der Waals surface area (Å²) in [4.78, 5) is 17.6. The molecule has 0 N–H and O–H groups in total. The number of rotatable bonds is 11. The highest BCUT2D eigenvalue weighted by Gasteiger charge is 2.44. The number of nitrogens with zero attached hydrogens (tertiary/aromatic N) is 7. The maximum Gasteiger partial charge on any atom is 0.350 e. The zero-order valence-corrected chi connectivity index (χ0v) is 27.9. The summed E-state index contributed by atoms with van der Waals surface area (Å²) < 4.78 is 23.9. The fraction of sp³-hybridized carbons (Fsp3) is 0.361. The Morgan fingerprint density at radius 2 is 1.56 bits per heavy atom. The van der Waals surface area contributed by atoms with Gasteiger partial charge in [0.05, 0.1) is 24.9 Å². The average Bonchev–Trinajstić information content (AvgIpc) is 3.89. The molecule has 1 unspecified atom stereocenters. The number of piperazine rings is 1. The molecule has 2 aliphatic heterocycles. The first-order chi connectivity index (χ1) is 23.4. The van der Waals surface area contributed by atoms with Crippen LogP contribution in [0.1, 0.15) is 31.9 Å². The van der Waals surface area contributed by atoms with Crippen molar-refractivity contribution >= 4 is 23.0 Å². The van der Waals surface area contributed by atoms with E-state index in [2.05, 4.69) is 51.2 Å². The number of hydrogen-bond acceptors (Lipinski definition) is 8. The molecule has 0 amide bonds. The molecule has 4 heterocycles. The summed E-state index contributed by atoms with van der Waals surface area (Å²) in [5.41, 5.74) is 3.90. The van der Waals surface area contributed by atoms with Crippen LogP contribution in [0.3, 0.4) is 0 Å². The molecule has 0 saturated carbocycles. The molecule has 2 fully saturated rings. The van der Waals surface area contributed by atoms with Crippen molar-refractivity contribution in [1.29, 1.82) is 0 Å². The number of hydrogen-bond donors (Lipinski definition) is 0. The first kappa shape index (κ1) is 32.0. The van der Waals surface area contributed by atoms with Crippen LogP contribution in [0, 0.1) is 0 Å². The van der Waals surface area contributed by atoms with Crippen molar-refractivity contribution in [3.8, 4) is 11.4 Å². The standard InChI is InChI=1S/C36H40ClN7O4/c1-3-27(2)44-35(45)43(26-39-44)32-11-9-30(10-12-32)40-19-21-41(22-20-40)31-13-15-33(16-14-31)46-23-34-24-47-36(48-34,25-42-18-4-17-38-42)28-5-7-29(37)8-6-28/h4-18,26-27,34H,3,19-25H2,1-2H3/t27?,34-,36-/m1/s1. The van der Waals surface area contributed by atoms with Gasteiger partial charge in [-0.2, -0.15) is 10.2 Å². The first-order valence-corrected chi connectivity index (χ1v) is 16.8. The summed E-state index contributed by atoms with van der Waals surface area (Å²) in [5, 5.41) is 9.31. The highest BCUT2D eigenvalue weighted by Crippen LogP contribution is 2.37. The second-order valence-electron chi connectivity index (χ2n) is 12.3. The van der Waals surface area contributed by atoms with Crippen LogP contribution in [0.4, 0.5) is 11.4 Å². The Bertz CT molecular complexity index is 1830. The molecule has 0 radical (unpaired) electrons. The van der Waals surface area contributed by atoms with E-state index >= 15 is 0 Å². The highest BCUT2D eigenvalue weighted by molar-refractivity contribution is 6.30. The molecule has 0 aliphatic carbocycles. The quantitative estimate of drug-likeness (QED) is 0.181. The Morgan fingerprint density at radius 3 is 2.19 bits per heavy atom. The summed E-state index contributed by atoms with van der Waals surface area (Å²) in [6.07, 6.45) is 5.84. The topological polar surface area (TPSA) is 91.8 Å². The third kappa shape index (κ3) is 6.71. The van der Waals surface area contributed by atoms with Gasteiger partial charge >= 0.3 is 5.69 Å². The Hall–Kier alpha value is -4.58. The van der Waals surface area contributed by atoms with Crippen LogP contribution in [0.5, 0.6) is 5.75 Å². The second kappa shape index (κ2) is 13.9. The number of benzene rings is 3. The van der Waals surface area contributed by atoms with Gasteiger partial charge < -0.3 is 24.0 Å². The van der Waals surface area contributed by atoms with Crippen LogP contribution in [0.15, 0.2) is 102 Å². The molecule has 2 aromatic heterocycles. The summed E-state index contributed by atoms with van der Waals surface area (Å²) in [6, 6.07) is 25.9. The van der Waals surface area contributed by atoms with Gasteiger partial charge in [-0.25, -0.2) is 14.0 Å². The minimum Gasteiger partial charge on any atom is -0.491 e. The summed E-state index contributed by atoms with van der Waals surface area (Å²) >= 11 is 6.15. The lowest BCUT2D eigenvalue weighted by Gasteiger charge is -2.37. The third-order valence-corrected chi connectivity index (χ3v) is 9.44. The average molecular weight is 670 g/mol. The lowest BCUT2D eigenvalue weighted by Crippen LogP contribution is -2.46. The van der Waals surface area contributed by atoms with E-state index < -0.39 is 5.79 Å². The minimum absolute atomic E-state index is 0.0703. The van der Waals surface area contributed by atoms with Gasteiger partial charge in [0.25, 0.3) is 0 Å². The normalized spacial score (nSPS) is 20.3.